The van der Waals surface area contributed by atoms with Gasteiger partial charge in [0.25, 0.3) is 0 Å². The molecule has 0 N–H and O–H groups in total. The van der Waals surface area contributed by atoms with Crippen molar-refractivity contribution < 1.29 is 70.3 Å². The third-order valence-electron chi connectivity index (χ3n) is 3.90. The van der Waals surface area contributed by atoms with Crippen LogP contribution in [0.3, 0.4) is 0 Å². The molecule has 2 aromatic carbocycles. The molecule has 2 amide bonds. The summed E-state index contributed by atoms with van der Waals surface area (Å²) in [7, 11) is -14.8. The summed E-state index contributed by atoms with van der Waals surface area (Å²) in [6, 6.07) is 1.05. The number of sulfonamides is 2. The van der Waals surface area contributed by atoms with E-state index in [9.17, 15) is 70.3 Å². The van der Waals surface area contributed by atoms with Crippen molar-refractivity contribution in [2.75, 3.05) is 8.61 Å². The van der Waals surface area contributed by atoms with Crippen LogP contribution in [0.25, 0.3) is 0 Å². The maximum Gasteiger partial charge on any atom is 0.517 e. The quantitative estimate of drug-likeness (QED) is 0.409. The van der Waals surface area contributed by atoms with E-state index in [2.05, 4.69) is 0 Å². The molecular formula is C16H6F10N2O6S2. The first-order valence-electron chi connectivity index (χ1n) is 8.37. The molecule has 0 aliphatic heterocycles. The van der Waals surface area contributed by atoms with Gasteiger partial charge in [-0.3, -0.25) is 9.59 Å². The Kier molecular flexibility index (Phi) is 7.38. The van der Waals surface area contributed by atoms with Gasteiger partial charge in [0.05, 0.1) is 0 Å². The number of anilines is 2. The van der Waals surface area contributed by atoms with E-state index in [0.717, 1.165) is 0 Å². The number of rotatable bonds is 4. The van der Waals surface area contributed by atoms with Gasteiger partial charge in [0, 0.05) is 0 Å². The molecule has 0 aliphatic rings. The van der Waals surface area contributed by atoms with E-state index in [1.165, 1.54) is 0 Å². The minimum atomic E-state index is -7.41. The van der Waals surface area contributed by atoms with Crippen molar-refractivity contribution in [2.45, 2.75) is 11.0 Å². The lowest BCUT2D eigenvalue weighted by Gasteiger charge is -2.27. The van der Waals surface area contributed by atoms with Gasteiger partial charge in [0.1, 0.15) is 11.4 Å². The fourth-order valence-corrected chi connectivity index (χ4v) is 4.24. The number of para-hydroxylation sites is 2. The maximum atomic E-state index is 14.1. The zero-order valence-corrected chi connectivity index (χ0v) is 18.0. The molecule has 0 saturated heterocycles. The van der Waals surface area contributed by atoms with Crippen LogP contribution >= 0.6 is 0 Å². The molecule has 0 aromatic heterocycles. The molecule has 0 fully saturated rings. The van der Waals surface area contributed by atoms with Crippen LogP contribution in [0.1, 0.15) is 0 Å². The number of nitrogens with zero attached hydrogens (tertiary/aromatic N) is 2. The number of hydrogen-bond donors (Lipinski definition) is 0. The molecular weight excluding hydrogens is 570 g/mol. The molecule has 20 heteroatoms. The van der Waals surface area contributed by atoms with Crippen molar-refractivity contribution in [3.8, 4) is 0 Å². The van der Waals surface area contributed by atoms with Gasteiger partial charge in [0.2, 0.25) is 0 Å². The fraction of sp³-hybridized carbons (Fsp3) is 0.125. The monoisotopic (exact) mass is 576 g/mol. The van der Waals surface area contributed by atoms with Crippen molar-refractivity contribution in [1.29, 1.82) is 0 Å². The van der Waals surface area contributed by atoms with Gasteiger partial charge < -0.3 is 0 Å². The van der Waals surface area contributed by atoms with Crippen LogP contribution in [-0.2, 0) is 29.6 Å². The van der Waals surface area contributed by atoms with E-state index < -0.39 is 86.1 Å². The average Bonchev–Trinajstić information content (AvgIpc) is 2.70. The van der Waals surface area contributed by atoms with E-state index in [0.29, 0.717) is 12.1 Å². The summed E-state index contributed by atoms with van der Waals surface area (Å²) in [5.41, 5.74) is -18.3. The maximum absolute atomic E-state index is 14.1. The molecule has 0 atom stereocenters. The highest BCUT2D eigenvalue weighted by atomic mass is 32.2. The SMILES string of the molecule is O=C(C(=O)N(c1c(F)cccc1F)S(=O)(=O)C(F)(F)F)N(c1c(F)cccc1F)S(=O)(=O)C(F)(F)F. The molecule has 0 heterocycles. The largest absolute Gasteiger partial charge is 0.517 e. The number of alkyl halides is 6. The highest BCUT2D eigenvalue weighted by molar-refractivity contribution is 7.95. The smallest absolute Gasteiger partial charge is 0.262 e. The predicted octanol–water partition coefficient (Wildman–Crippen LogP) is 3.31. The molecule has 0 saturated carbocycles. The zero-order valence-electron chi connectivity index (χ0n) is 16.4. The molecule has 198 valence electrons. The Bertz CT molecular complexity index is 1290. The highest BCUT2D eigenvalue weighted by Gasteiger charge is 2.59. The Labute approximate surface area is 193 Å². The van der Waals surface area contributed by atoms with E-state index in [4.69, 9.17) is 0 Å². The summed E-state index contributed by atoms with van der Waals surface area (Å²) < 4.78 is 179. The van der Waals surface area contributed by atoms with Crippen molar-refractivity contribution in [3.05, 3.63) is 59.7 Å². The standard InChI is InChI=1S/C16H6F10N2O6S2/c17-7-3-1-4-8(18)11(7)27(35(31,32)15(21,22)23)13(29)14(30)28(36(33,34)16(24,25)26)12-9(19)5-2-6-10(12)20/h1-6H. The summed E-state index contributed by atoms with van der Waals surface area (Å²) in [6.45, 7) is 0. The molecule has 2 aromatic rings. The van der Waals surface area contributed by atoms with Gasteiger partial charge in [-0.05, 0) is 24.3 Å². The van der Waals surface area contributed by atoms with E-state index >= 15 is 0 Å². The lowest BCUT2D eigenvalue weighted by Crippen LogP contribution is -2.55. The van der Waals surface area contributed by atoms with Gasteiger partial charge >= 0.3 is 42.9 Å². The van der Waals surface area contributed by atoms with Crippen LogP contribution in [0.2, 0.25) is 0 Å². The highest BCUT2D eigenvalue weighted by Crippen LogP contribution is 2.37. The topological polar surface area (TPSA) is 109 Å². The van der Waals surface area contributed by atoms with E-state index in [1.54, 1.807) is 0 Å². The lowest BCUT2D eigenvalue weighted by atomic mass is 10.2. The van der Waals surface area contributed by atoms with Crippen LogP contribution in [-0.4, -0.2) is 39.7 Å². The predicted molar refractivity (Wildman–Crippen MR) is 97.6 cm³/mol. The first kappa shape index (κ1) is 28.8. The van der Waals surface area contributed by atoms with Crippen molar-refractivity contribution in [2.24, 2.45) is 0 Å². The van der Waals surface area contributed by atoms with Crippen LogP contribution in [0, 0.1) is 23.3 Å². The molecule has 8 nitrogen and oxygen atoms in total. The number of hydrogen-bond acceptors (Lipinski definition) is 6. The van der Waals surface area contributed by atoms with Crippen molar-refractivity contribution >= 4 is 43.2 Å². The molecule has 36 heavy (non-hydrogen) atoms. The minimum absolute atomic E-state index is 0.0514. The Balaban J connectivity index is 2.95. The number of benzene rings is 2. The molecule has 0 spiro atoms. The second-order valence-electron chi connectivity index (χ2n) is 6.18. The third-order valence-corrected chi connectivity index (χ3v) is 6.73. The summed E-state index contributed by atoms with van der Waals surface area (Å²) in [5.74, 6) is -16.2. The molecule has 0 bridgehead atoms. The van der Waals surface area contributed by atoms with Crippen LogP contribution in [0.15, 0.2) is 36.4 Å². The van der Waals surface area contributed by atoms with Crippen LogP contribution < -0.4 is 8.61 Å². The number of amides is 2. The number of carbonyl (C=O) groups is 2. The van der Waals surface area contributed by atoms with Crippen LogP contribution in [0.4, 0.5) is 55.3 Å². The average molecular weight is 576 g/mol. The Morgan fingerprint density at radius 2 is 0.778 bits per heavy atom. The van der Waals surface area contributed by atoms with E-state index in [1.807, 2.05) is 0 Å². The zero-order chi connectivity index (χ0) is 28.0. The summed E-state index contributed by atoms with van der Waals surface area (Å²) >= 11 is 0. The second kappa shape index (κ2) is 9.22. The Morgan fingerprint density at radius 1 is 0.556 bits per heavy atom. The van der Waals surface area contributed by atoms with Gasteiger partial charge in [-0.1, -0.05) is 12.1 Å². The van der Waals surface area contributed by atoms with Gasteiger partial charge in [-0.2, -0.15) is 51.8 Å². The van der Waals surface area contributed by atoms with E-state index in [-0.39, 0.29) is 24.3 Å². The second-order valence-corrected chi connectivity index (χ2v) is 9.74. The number of halogens is 10. The van der Waals surface area contributed by atoms with Crippen LogP contribution in [0.5, 0.6) is 0 Å². The van der Waals surface area contributed by atoms with Gasteiger partial charge in [-0.15, -0.1) is 0 Å². The molecule has 0 aliphatic carbocycles. The summed E-state index contributed by atoms with van der Waals surface area (Å²) in [6.07, 6.45) is 0. The first-order chi connectivity index (χ1) is 16.2. The van der Waals surface area contributed by atoms with Crippen molar-refractivity contribution in [1.82, 2.24) is 0 Å². The summed E-state index contributed by atoms with van der Waals surface area (Å²) in [4.78, 5) is 25.0. The minimum Gasteiger partial charge on any atom is -0.262 e. The fourth-order valence-electron chi connectivity index (χ4n) is 2.41. The Morgan fingerprint density at radius 3 is 0.972 bits per heavy atom. The van der Waals surface area contributed by atoms with Gasteiger partial charge in [0.15, 0.2) is 23.3 Å². The lowest BCUT2D eigenvalue weighted by molar-refractivity contribution is -0.135. The van der Waals surface area contributed by atoms with Crippen molar-refractivity contribution in [3.63, 3.8) is 0 Å². The molecule has 2 rings (SSSR count). The first-order valence-corrected chi connectivity index (χ1v) is 11.3. The molecule has 0 unspecified atom stereocenters. The summed E-state index contributed by atoms with van der Waals surface area (Å²) in [5, 5.41) is 0. The normalized spacial score (nSPS) is 12.8. The molecule has 0 radical (unpaired) electrons. The third kappa shape index (κ3) is 4.81. The Hall–Kier alpha value is -3.42. The van der Waals surface area contributed by atoms with Gasteiger partial charge in [-0.25, -0.2) is 17.6 Å². The number of carbonyl (C=O) groups excluding carboxylic acids is 2.